The molecule has 140 valence electrons. The minimum atomic E-state index is -0.759. The highest BCUT2D eigenvalue weighted by molar-refractivity contribution is 5.41. The first kappa shape index (κ1) is 18.9. The van der Waals surface area contributed by atoms with E-state index in [9.17, 15) is 0 Å². The molecule has 0 radical (unpaired) electrons. The first-order chi connectivity index (χ1) is 12.5. The maximum atomic E-state index is 6.26. The lowest BCUT2D eigenvalue weighted by molar-refractivity contribution is -0.150. The summed E-state index contributed by atoms with van der Waals surface area (Å²) in [4.78, 5) is 0. The van der Waals surface area contributed by atoms with Gasteiger partial charge in [0.1, 0.15) is 12.4 Å². The standard InChI is InChI=1S/C22H29NO3/c1-16(2)20(23)13-18-9-10-19(22(3)25-11-12-26-22)21(14-18)24-15-17-7-5-4-6-8-17/h4-10,14,16,20H,11-13,15,23H2,1-3H3. The van der Waals surface area contributed by atoms with Crippen LogP contribution in [-0.2, 0) is 28.3 Å². The average Bonchev–Trinajstić information content (AvgIpc) is 3.08. The number of rotatable bonds is 7. The van der Waals surface area contributed by atoms with Gasteiger partial charge in [-0.1, -0.05) is 50.2 Å². The summed E-state index contributed by atoms with van der Waals surface area (Å²) in [5, 5.41) is 0. The van der Waals surface area contributed by atoms with Crippen LogP contribution in [0.3, 0.4) is 0 Å². The molecule has 1 aliphatic rings. The van der Waals surface area contributed by atoms with Crippen LogP contribution in [0.5, 0.6) is 5.75 Å². The summed E-state index contributed by atoms with van der Waals surface area (Å²) in [6.45, 7) is 7.93. The molecule has 0 aromatic heterocycles. The van der Waals surface area contributed by atoms with Crippen LogP contribution in [0.15, 0.2) is 48.5 Å². The Labute approximate surface area is 156 Å². The lowest BCUT2D eigenvalue weighted by atomic mass is 9.95. The normalized spacial score (nSPS) is 17.4. The van der Waals surface area contributed by atoms with Gasteiger partial charge in [0.05, 0.1) is 18.8 Å². The van der Waals surface area contributed by atoms with E-state index in [4.69, 9.17) is 19.9 Å². The lowest BCUT2D eigenvalue weighted by Gasteiger charge is -2.26. The predicted octanol–water partition coefficient (Wildman–Crippen LogP) is 4.01. The van der Waals surface area contributed by atoms with Crippen molar-refractivity contribution in [3.05, 3.63) is 65.2 Å². The molecule has 2 N–H and O–H groups in total. The van der Waals surface area contributed by atoms with Crippen molar-refractivity contribution in [1.82, 2.24) is 0 Å². The monoisotopic (exact) mass is 355 g/mol. The zero-order valence-corrected chi connectivity index (χ0v) is 15.9. The van der Waals surface area contributed by atoms with Gasteiger partial charge in [-0.05, 0) is 42.5 Å². The van der Waals surface area contributed by atoms with E-state index in [1.165, 1.54) is 5.56 Å². The lowest BCUT2D eigenvalue weighted by Crippen LogP contribution is -2.29. The van der Waals surface area contributed by atoms with Gasteiger partial charge in [-0.25, -0.2) is 0 Å². The van der Waals surface area contributed by atoms with E-state index in [0.29, 0.717) is 25.7 Å². The molecular weight excluding hydrogens is 326 g/mol. The van der Waals surface area contributed by atoms with Gasteiger partial charge in [0, 0.05) is 6.04 Å². The molecule has 0 aliphatic carbocycles. The van der Waals surface area contributed by atoms with E-state index in [1.807, 2.05) is 31.2 Å². The second kappa shape index (κ2) is 8.21. The molecule has 3 rings (SSSR count). The fraction of sp³-hybridized carbons (Fsp3) is 0.455. The summed E-state index contributed by atoms with van der Waals surface area (Å²) >= 11 is 0. The number of benzene rings is 2. The van der Waals surface area contributed by atoms with Crippen LogP contribution in [0, 0.1) is 5.92 Å². The molecule has 2 aromatic carbocycles. The first-order valence-electron chi connectivity index (χ1n) is 9.31. The molecule has 1 saturated heterocycles. The molecule has 0 bridgehead atoms. The second-order valence-corrected chi connectivity index (χ2v) is 7.36. The molecule has 1 aliphatic heterocycles. The average molecular weight is 355 g/mol. The van der Waals surface area contributed by atoms with Crippen molar-refractivity contribution >= 4 is 0 Å². The van der Waals surface area contributed by atoms with Crippen molar-refractivity contribution in [1.29, 1.82) is 0 Å². The zero-order valence-electron chi connectivity index (χ0n) is 15.9. The van der Waals surface area contributed by atoms with Crippen molar-refractivity contribution in [2.24, 2.45) is 11.7 Å². The first-order valence-corrected chi connectivity index (χ1v) is 9.31. The van der Waals surface area contributed by atoms with Crippen LogP contribution >= 0.6 is 0 Å². The highest BCUT2D eigenvalue weighted by atomic mass is 16.7. The second-order valence-electron chi connectivity index (χ2n) is 7.36. The van der Waals surface area contributed by atoms with Crippen molar-refractivity contribution in [2.75, 3.05) is 13.2 Å². The number of ether oxygens (including phenoxy) is 3. The van der Waals surface area contributed by atoms with Gasteiger partial charge in [0.15, 0.2) is 5.79 Å². The molecular formula is C22H29NO3. The van der Waals surface area contributed by atoms with Crippen LogP contribution in [0.2, 0.25) is 0 Å². The molecule has 2 aromatic rings. The maximum absolute atomic E-state index is 6.26. The topological polar surface area (TPSA) is 53.7 Å². The fourth-order valence-electron chi connectivity index (χ4n) is 3.10. The molecule has 1 unspecified atom stereocenters. The third kappa shape index (κ3) is 4.44. The smallest absolute Gasteiger partial charge is 0.195 e. The van der Waals surface area contributed by atoms with Crippen LogP contribution in [0.25, 0.3) is 0 Å². The van der Waals surface area contributed by atoms with Crippen LogP contribution < -0.4 is 10.5 Å². The number of nitrogens with two attached hydrogens (primary N) is 1. The van der Waals surface area contributed by atoms with Crippen LogP contribution in [0.1, 0.15) is 37.5 Å². The van der Waals surface area contributed by atoms with E-state index in [2.05, 4.69) is 38.1 Å². The van der Waals surface area contributed by atoms with E-state index >= 15 is 0 Å². The summed E-state index contributed by atoms with van der Waals surface area (Å²) in [6, 6.07) is 16.5. The van der Waals surface area contributed by atoms with Gasteiger partial charge in [-0.3, -0.25) is 0 Å². The Hall–Kier alpha value is -1.88. The van der Waals surface area contributed by atoms with Gasteiger partial charge < -0.3 is 19.9 Å². The van der Waals surface area contributed by atoms with E-state index in [-0.39, 0.29) is 6.04 Å². The molecule has 26 heavy (non-hydrogen) atoms. The molecule has 4 heteroatoms. The van der Waals surface area contributed by atoms with Gasteiger partial charge >= 0.3 is 0 Å². The minimum Gasteiger partial charge on any atom is -0.488 e. The van der Waals surface area contributed by atoms with Crippen LogP contribution in [-0.4, -0.2) is 19.3 Å². The number of hydrogen-bond donors (Lipinski definition) is 1. The minimum absolute atomic E-state index is 0.123. The highest BCUT2D eigenvalue weighted by Gasteiger charge is 2.36. The highest BCUT2D eigenvalue weighted by Crippen LogP contribution is 2.38. The molecule has 1 fully saturated rings. The maximum Gasteiger partial charge on any atom is 0.195 e. The zero-order chi connectivity index (χ0) is 18.6. The quantitative estimate of drug-likeness (QED) is 0.815. The Morgan fingerprint density at radius 2 is 1.73 bits per heavy atom. The summed E-state index contributed by atoms with van der Waals surface area (Å²) < 4.78 is 17.9. The van der Waals surface area contributed by atoms with Crippen molar-refractivity contribution in [3.8, 4) is 5.75 Å². The summed E-state index contributed by atoms with van der Waals surface area (Å²) in [7, 11) is 0. The third-order valence-electron chi connectivity index (χ3n) is 4.94. The Balaban J connectivity index is 1.85. The molecule has 1 heterocycles. The summed E-state index contributed by atoms with van der Waals surface area (Å²) in [5.41, 5.74) is 9.48. The van der Waals surface area contributed by atoms with Crippen molar-refractivity contribution < 1.29 is 14.2 Å². The van der Waals surface area contributed by atoms with E-state index in [1.54, 1.807) is 0 Å². The van der Waals surface area contributed by atoms with Gasteiger partial charge in [-0.2, -0.15) is 0 Å². The Kier molecular flexibility index (Phi) is 5.97. The fourth-order valence-corrected chi connectivity index (χ4v) is 3.10. The van der Waals surface area contributed by atoms with Gasteiger partial charge in [-0.15, -0.1) is 0 Å². The molecule has 0 saturated carbocycles. The number of hydrogen-bond acceptors (Lipinski definition) is 4. The van der Waals surface area contributed by atoms with E-state index < -0.39 is 5.79 Å². The molecule has 0 amide bonds. The molecule has 4 nitrogen and oxygen atoms in total. The van der Waals surface area contributed by atoms with Crippen molar-refractivity contribution in [3.63, 3.8) is 0 Å². The van der Waals surface area contributed by atoms with Gasteiger partial charge in [0.25, 0.3) is 0 Å². The Morgan fingerprint density at radius 3 is 2.38 bits per heavy atom. The largest absolute Gasteiger partial charge is 0.488 e. The third-order valence-corrected chi connectivity index (χ3v) is 4.94. The van der Waals surface area contributed by atoms with Gasteiger partial charge in [0.2, 0.25) is 0 Å². The Bertz CT molecular complexity index is 709. The predicted molar refractivity (Wildman–Crippen MR) is 103 cm³/mol. The summed E-state index contributed by atoms with van der Waals surface area (Å²) in [6.07, 6.45) is 0.818. The molecule has 1 atom stereocenters. The van der Waals surface area contributed by atoms with E-state index in [0.717, 1.165) is 23.3 Å². The van der Waals surface area contributed by atoms with Crippen molar-refractivity contribution in [2.45, 2.75) is 45.6 Å². The summed E-state index contributed by atoms with van der Waals surface area (Å²) in [5.74, 6) is 0.471. The molecule has 0 spiro atoms. The van der Waals surface area contributed by atoms with Crippen LogP contribution in [0.4, 0.5) is 0 Å². The Morgan fingerprint density at radius 1 is 1.04 bits per heavy atom. The SMILES string of the molecule is CC(C)C(N)Cc1ccc(C2(C)OCCO2)c(OCc2ccccc2)c1.